The Morgan fingerprint density at radius 1 is 1.30 bits per heavy atom. The van der Waals surface area contributed by atoms with Crippen LogP contribution < -0.4 is 5.73 Å². The largest absolute Gasteiger partial charge is 0.481 e. The summed E-state index contributed by atoms with van der Waals surface area (Å²) < 4.78 is 0. The fraction of sp³-hybridized carbons (Fsp3) is 0.333. The first kappa shape index (κ1) is 14.1. The molecule has 0 radical (unpaired) electrons. The molecule has 1 aliphatic rings. The smallest absolute Gasteiger partial charge is 0.303 e. The van der Waals surface area contributed by atoms with Crippen LogP contribution >= 0.6 is 0 Å². The van der Waals surface area contributed by atoms with E-state index in [-0.39, 0.29) is 12.3 Å². The van der Waals surface area contributed by atoms with Gasteiger partial charge in [0.2, 0.25) is 5.91 Å². The molecule has 0 atom stereocenters. The maximum Gasteiger partial charge on any atom is 0.303 e. The van der Waals surface area contributed by atoms with Crippen LogP contribution in [0.1, 0.15) is 24.8 Å². The van der Waals surface area contributed by atoms with Gasteiger partial charge in [0.1, 0.15) is 0 Å². The first-order valence-corrected chi connectivity index (χ1v) is 6.61. The van der Waals surface area contributed by atoms with E-state index in [0.29, 0.717) is 31.6 Å². The molecule has 2 rings (SSSR count). The number of hydrogen-bond donors (Lipinski definition) is 2. The van der Waals surface area contributed by atoms with Crippen LogP contribution in [0.5, 0.6) is 0 Å². The summed E-state index contributed by atoms with van der Waals surface area (Å²) in [6.07, 6.45) is 3.02. The molecule has 20 heavy (non-hydrogen) atoms. The van der Waals surface area contributed by atoms with Crippen molar-refractivity contribution in [1.29, 1.82) is 0 Å². The van der Waals surface area contributed by atoms with Gasteiger partial charge in [-0.2, -0.15) is 0 Å². The molecule has 0 bridgehead atoms. The average molecular weight is 274 g/mol. The molecular formula is C15H18N2O3. The van der Waals surface area contributed by atoms with Crippen molar-refractivity contribution < 1.29 is 14.7 Å². The van der Waals surface area contributed by atoms with E-state index in [1.807, 2.05) is 30.3 Å². The lowest BCUT2D eigenvalue weighted by molar-refractivity contribution is -0.137. The van der Waals surface area contributed by atoms with Crippen molar-refractivity contribution in [1.82, 2.24) is 4.90 Å². The lowest BCUT2D eigenvalue weighted by atomic mass is 10.1. The van der Waals surface area contributed by atoms with Gasteiger partial charge in [-0.25, -0.2) is 0 Å². The van der Waals surface area contributed by atoms with E-state index in [2.05, 4.69) is 0 Å². The third-order valence-corrected chi connectivity index (χ3v) is 3.31. The molecule has 0 aliphatic carbocycles. The monoisotopic (exact) mass is 274 g/mol. The van der Waals surface area contributed by atoms with Crippen molar-refractivity contribution in [2.75, 3.05) is 12.3 Å². The summed E-state index contributed by atoms with van der Waals surface area (Å²) in [6.45, 7) is 1.14. The van der Waals surface area contributed by atoms with Crippen molar-refractivity contribution in [2.24, 2.45) is 0 Å². The van der Waals surface area contributed by atoms with Crippen LogP contribution in [0.2, 0.25) is 0 Å². The second-order valence-electron chi connectivity index (χ2n) is 4.90. The zero-order chi connectivity index (χ0) is 14.5. The Balaban J connectivity index is 1.86. The van der Waals surface area contributed by atoms with E-state index in [9.17, 15) is 9.59 Å². The number of nitrogens with two attached hydrogens (primary N) is 1. The van der Waals surface area contributed by atoms with Crippen LogP contribution in [-0.4, -0.2) is 28.4 Å². The molecule has 1 aromatic rings. The van der Waals surface area contributed by atoms with Gasteiger partial charge in [-0.3, -0.25) is 9.59 Å². The topological polar surface area (TPSA) is 83.6 Å². The molecule has 1 heterocycles. The highest BCUT2D eigenvalue weighted by atomic mass is 16.4. The van der Waals surface area contributed by atoms with E-state index < -0.39 is 5.97 Å². The fourth-order valence-corrected chi connectivity index (χ4v) is 2.21. The quantitative estimate of drug-likeness (QED) is 0.775. The van der Waals surface area contributed by atoms with Crippen molar-refractivity contribution in [2.45, 2.75) is 25.8 Å². The number of carbonyl (C=O) groups is 2. The zero-order valence-corrected chi connectivity index (χ0v) is 11.2. The second kappa shape index (κ2) is 6.23. The summed E-state index contributed by atoms with van der Waals surface area (Å²) in [5, 5.41) is 8.60. The third kappa shape index (κ3) is 3.60. The van der Waals surface area contributed by atoms with Gasteiger partial charge in [0, 0.05) is 30.8 Å². The van der Waals surface area contributed by atoms with Crippen LogP contribution in [0.3, 0.4) is 0 Å². The molecule has 0 unspecified atom stereocenters. The zero-order valence-electron chi connectivity index (χ0n) is 11.2. The number of nitrogen functional groups attached to an aromatic ring is 1. The summed E-state index contributed by atoms with van der Waals surface area (Å²) in [5.41, 5.74) is 8.09. The van der Waals surface area contributed by atoms with Gasteiger partial charge in [-0.1, -0.05) is 18.2 Å². The van der Waals surface area contributed by atoms with E-state index >= 15 is 0 Å². The van der Waals surface area contributed by atoms with Gasteiger partial charge >= 0.3 is 5.97 Å². The Morgan fingerprint density at radius 3 is 2.65 bits per heavy atom. The molecule has 0 spiro atoms. The number of anilines is 1. The van der Waals surface area contributed by atoms with Crippen LogP contribution in [0, 0.1) is 0 Å². The predicted molar refractivity (Wildman–Crippen MR) is 75.8 cm³/mol. The highest BCUT2D eigenvalue weighted by molar-refractivity contribution is 5.95. The number of nitrogens with zero attached hydrogens (tertiary/aromatic N) is 1. The first-order valence-electron chi connectivity index (χ1n) is 6.61. The maximum absolute atomic E-state index is 12.1. The van der Waals surface area contributed by atoms with Crippen LogP contribution in [0.15, 0.2) is 35.9 Å². The maximum atomic E-state index is 12.1. The number of aliphatic carboxylic acids is 1. The van der Waals surface area contributed by atoms with Gasteiger partial charge in [-0.15, -0.1) is 0 Å². The summed E-state index contributed by atoms with van der Waals surface area (Å²) in [5.74, 6) is -0.818. The van der Waals surface area contributed by atoms with Gasteiger partial charge in [0.05, 0.1) is 0 Å². The van der Waals surface area contributed by atoms with Crippen molar-refractivity contribution in [3.8, 4) is 0 Å². The Kier molecular flexibility index (Phi) is 4.40. The second-order valence-corrected chi connectivity index (χ2v) is 4.90. The minimum atomic E-state index is -0.824. The van der Waals surface area contributed by atoms with E-state index in [1.54, 1.807) is 4.90 Å². The first-order chi connectivity index (χ1) is 9.56. The number of carboxylic acid groups (broad SMARTS) is 1. The Hall–Kier alpha value is -2.30. The minimum Gasteiger partial charge on any atom is -0.481 e. The molecule has 1 aliphatic heterocycles. The number of amides is 1. The van der Waals surface area contributed by atoms with Crippen LogP contribution in [-0.2, 0) is 16.1 Å². The average Bonchev–Trinajstić information content (AvgIpc) is 2.74. The Morgan fingerprint density at radius 2 is 2.00 bits per heavy atom. The number of carboxylic acids is 1. The highest BCUT2D eigenvalue weighted by Gasteiger charge is 2.23. The molecule has 5 heteroatoms. The lowest BCUT2D eigenvalue weighted by Crippen LogP contribution is -2.26. The molecule has 106 valence electrons. The van der Waals surface area contributed by atoms with E-state index in [0.717, 1.165) is 11.1 Å². The number of hydrogen-bond acceptors (Lipinski definition) is 3. The minimum absolute atomic E-state index is 0.00668. The van der Waals surface area contributed by atoms with Gasteiger partial charge in [0.25, 0.3) is 0 Å². The van der Waals surface area contributed by atoms with Crippen molar-refractivity contribution >= 4 is 17.6 Å². The highest BCUT2D eigenvalue weighted by Crippen LogP contribution is 2.20. The van der Waals surface area contributed by atoms with Gasteiger partial charge in [-0.05, 0) is 30.5 Å². The van der Waals surface area contributed by atoms with Crippen LogP contribution in [0.4, 0.5) is 5.69 Å². The molecule has 0 fully saturated rings. The molecule has 5 nitrogen and oxygen atoms in total. The summed E-state index contributed by atoms with van der Waals surface area (Å²) in [6, 6.07) is 7.45. The van der Waals surface area contributed by atoms with Gasteiger partial charge < -0.3 is 15.7 Å². The van der Waals surface area contributed by atoms with E-state index in [1.165, 1.54) is 0 Å². The van der Waals surface area contributed by atoms with Gasteiger partial charge in [0.15, 0.2) is 0 Å². The predicted octanol–water partition coefficient (Wildman–Crippen LogP) is 1.79. The summed E-state index contributed by atoms with van der Waals surface area (Å²) in [4.78, 5) is 24.4. The SMILES string of the molecule is Nc1ccc(CN2CC=C(CCCC(=O)O)C2=O)cc1. The number of rotatable bonds is 6. The molecule has 0 aromatic heterocycles. The standard InChI is InChI=1S/C15H18N2O3/c16-13-6-4-11(5-7-13)10-17-9-8-12(15(17)20)2-1-3-14(18)19/h4-8H,1-3,9-10,16H2,(H,18,19). The third-order valence-electron chi connectivity index (χ3n) is 3.31. The number of benzene rings is 1. The lowest BCUT2D eigenvalue weighted by Gasteiger charge is -2.16. The Labute approximate surface area is 117 Å². The summed E-state index contributed by atoms with van der Waals surface area (Å²) in [7, 11) is 0. The van der Waals surface area contributed by atoms with Crippen LogP contribution in [0.25, 0.3) is 0 Å². The fourth-order valence-electron chi connectivity index (χ4n) is 2.21. The normalized spacial score (nSPS) is 14.5. The van der Waals surface area contributed by atoms with E-state index in [4.69, 9.17) is 10.8 Å². The Bertz CT molecular complexity index is 535. The molecule has 0 saturated carbocycles. The molecule has 1 aromatic carbocycles. The van der Waals surface area contributed by atoms with Crippen molar-refractivity contribution in [3.63, 3.8) is 0 Å². The molecular weight excluding hydrogens is 256 g/mol. The molecule has 1 amide bonds. The molecule has 0 saturated heterocycles. The number of carbonyl (C=O) groups excluding carboxylic acids is 1. The molecule has 3 N–H and O–H groups in total. The van der Waals surface area contributed by atoms with Crippen molar-refractivity contribution in [3.05, 3.63) is 41.5 Å². The summed E-state index contributed by atoms with van der Waals surface area (Å²) >= 11 is 0.